The van der Waals surface area contributed by atoms with E-state index in [1.807, 2.05) is 103 Å². The summed E-state index contributed by atoms with van der Waals surface area (Å²) in [6.45, 7) is 0.458. The van der Waals surface area contributed by atoms with E-state index in [-0.39, 0.29) is 5.88 Å². The van der Waals surface area contributed by atoms with E-state index in [4.69, 9.17) is 9.15 Å². The van der Waals surface area contributed by atoms with Crippen LogP contribution in [0.15, 0.2) is 137 Å². The molecule has 0 bridgehead atoms. The van der Waals surface area contributed by atoms with Crippen molar-refractivity contribution < 1.29 is 9.15 Å². The van der Waals surface area contributed by atoms with Gasteiger partial charge in [0.2, 0.25) is 5.88 Å². The van der Waals surface area contributed by atoms with Gasteiger partial charge in [0.15, 0.2) is 0 Å². The van der Waals surface area contributed by atoms with Crippen LogP contribution in [0.5, 0.6) is 5.75 Å². The number of furan rings is 1. The molecule has 0 radical (unpaired) electrons. The van der Waals surface area contributed by atoms with Crippen LogP contribution in [0, 0.1) is 11.3 Å². The van der Waals surface area contributed by atoms with Gasteiger partial charge in [0.1, 0.15) is 29.7 Å². The second-order valence-electron chi connectivity index (χ2n) is 9.09. The molecule has 4 heteroatoms. The lowest BCUT2D eigenvalue weighted by molar-refractivity contribution is 0.307. The lowest BCUT2D eigenvalue weighted by atomic mass is 9.98. The monoisotopic (exact) mass is 504 g/mol. The minimum atomic E-state index is 0.275. The molecule has 6 rings (SSSR count). The van der Waals surface area contributed by atoms with Gasteiger partial charge in [-0.15, -0.1) is 0 Å². The van der Waals surface area contributed by atoms with E-state index in [1.165, 1.54) is 10.8 Å². The summed E-state index contributed by atoms with van der Waals surface area (Å²) in [4.78, 5) is 4.61. The maximum Gasteiger partial charge on any atom is 0.238 e. The molecule has 1 aromatic heterocycles. The van der Waals surface area contributed by atoms with E-state index in [0.717, 1.165) is 33.6 Å². The number of benzene rings is 5. The van der Waals surface area contributed by atoms with E-state index >= 15 is 0 Å². The first-order valence-corrected chi connectivity index (χ1v) is 12.7. The zero-order chi connectivity index (χ0) is 26.4. The summed E-state index contributed by atoms with van der Waals surface area (Å²) in [6.07, 6.45) is 1.70. The number of aliphatic imine (C=N–C) groups is 1. The predicted octanol–water partition coefficient (Wildman–Crippen LogP) is 8.97. The molecular weight excluding hydrogens is 480 g/mol. The molecule has 0 aliphatic rings. The first-order valence-electron chi connectivity index (χ1n) is 12.7. The zero-order valence-electron chi connectivity index (χ0n) is 21.1. The van der Waals surface area contributed by atoms with E-state index in [9.17, 15) is 5.26 Å². The molecule has 0 aliphatic heterocycles. The molecule has 186 valence electrons. The molecular formula is C35H24N2O2. The summed E-state index contributed by atoms with van der Waals surface area (Å²) in [7, 11) is 0. The molecule has 0 amide bonds. The Morgan fingerprint density at radius 2 is 1.44 bits per heavy atom. The fraction of sp³-hybridized carbons (Fsp3) is 0.0286. The molecule has 0 saturated heterocycles. The molecule has 39 heavy (non-hydrogen) atoms. The summed E-state index contributed by atoms with van der Waals surface area (Å²) in [6, 6.07) is 44.2. The highest BCUT2D eigenvalue weighted by Crippen LogP contribution is 2.42. The number of fused-ring (bicyclic) bond motifs is 1. The number of ether oxygens (including phenoxy) is 1. The van der Waals surface area contributed by atoms with Gasteiger partial charge in [-0.1, -0.05) is 115 Å². The zero-order valence-corrected chi connectivity index (χ0v) is 21.1. The van der Waals surface area contributed by atoms with Crippen molar-refractivity contribution in [3.8, 4) is 34.3 Å². The molecule has 4 nitrogen and oxygen atoms in total. The number of nitriles is 1. The number of hydrogen-bond donors (Lipinski definition) is 0. The van der Waals surface area contributed by atoms with E-state index in [2.05, 4.69) is 35.3 Å². The molecule has 0 atom stereocenters. The van der Waals surface area contributed by atoms with Crippen LogP contribution >= 0.6 is 0 Å². The van der Waals surface area contributed by atoms with Crippen molar-refractivity contribution in [3.63, 3.8) is 0 Å². The fourth-order valence-electron chi connectivity index (χ4n) is 4.68. The third-order valence-electron chi connectivity index (χ3n) is 6.56. The van der Waals surface area contributed by atoms with Crippen molar-refractivity contribution >= 4 is 22.9 Å². The second-order valence-corrected chi connectivity index (χ2v) is 9.09. The van der Waals surface area contributed by atoms with Gasteiger partial charge in [-0.25, -0.2) is 4.99 Å². The first-order chi connectivity index (χ1) is 19.3. The Labute approximate surface area is 227 Å². The Kier molecular flexibility index (Phi) is 6.71. The van der Waals surface area contributed by atoms with E-state index in [1.54, 1.807) is 6.21 Å². The Morgan fingerprint density at radius 1 is 0.744 bits per heavy atom. The van der Waals surface area contributed by atoms with Crippen LogP contribution in [-0.4, -0.2) is 6.21 Å². The Morgan fingerprint density at radius 3 is 2.23 bits per heavy atom. The molecule has 0 spiro atoms. The van der Waals surface area contributed by atoms with Crippen molar-refractivity contribution in [2.24, 2.45) is 4.99 Å². The summed E-state index contributed by atoms with van der Waals surface area (Å²) in [5.74, 6) is 1.64. The van der Waals surface area contributed by atoms with Gasteiger partial charge >= 0.3 is 0 Å². The van der Waals surface area contributed by atoms with Gasteiger partial charge in [0.25, 0.3) is 0 Å². The Balaban J connectivity index is 1.30. The SMILES string of the molecule is N#Cc1c(/N=C/c2cccc(OCc3cccc4ccccc34)c2)oc(-c2ccccc2)c1-c1ccccc1. The largest absolute Gasteiger partial charge is 0.489 e. The number of rotatable bonds is 7. The normalized spacial score (nSPS) is 11.1. The standard InChI is InChI=1S/C35H24N2O2/c36-22-32-33(27-13-3-1-4-14-27)34(28-15-5-2-6-16-28)39-35(32)37-23-25-11-9-19-30(21-25)38-24-29-18-10-17-26-12-7-8-20-31(26)29/h1-21,23H,24H2/b37-23+. The molecule has 6 aromatic rings. The third kappa shape index (κ3) is 5.07. The Hall–Kier alpha value is -5.40. The average Bonchev–Trinajstić information content (AvgIpc) is 3.38. The summed E-state index contributed by atoms with van der Waals surface area (Å²) >= 11 is 0. The summed E-state index contributed by atoms with van der Waals surface area (Å²) in [5.41, 5.74) is 4.90. The van der Waals surface area contributed by atoms with Crippen LogP contribution in [0.25, 0.3) is 33.2 Å². The van der Waals surface area contributed by atoms with Crippen molar-refractivity contribution in [3.05, 3.63) is 144 Å². The van der Waals surface area contributed by atoms with Crippen LogP contribution < -0.4 is 4.74 Å². The van der Waals surface area contributed by atoms with Crippen molar-refractivity contribution in [2.45, 2.75) is 6.61 Å². The van der Waals surface area contributed by atoms with Gasteiger partial charge in [-0.05, 0) is 39.6 Å². The van der Waals surface area contributed by atoms with Crippen LogP contribution in [0.4, 0.5) is 5.88 Å². The lowest BCUT2D eigenvalue weighted by Crippen LogP contribution is -1.97. The minimum absolute atomic E-state index is 0.275. The molecule has 0 fully saturated rings. The molecule has 0 aliphatic carbocycles. The quantitative estimate of drug-likeness (QED) is 0.204. The van der Waals surface area contributed by atoms with Crippen LogP contribution in [0.3, 0.4) is 0 Å². The molecule has 5 aromatic carbocycles. The van der Waals surface area contributed by atoms with Crippen molar-refractivity contribution in [1.29, 1.82) is 5.26 Å². The van der Waals surface area contributed by atoms with Crippen LogP contribution in [0.1, 0.15) is 16.7 Å². The van der Waals surface area contributed by atoms with Gasteiger partial charge in [-0.2, -0.15) is 5.26 Å². The van der Waals surface area contributed by atoms with E-state index in [0.29, 0.717) is 17.9 Å². The number of hydrogen-bond acceptors (Lipinski definition) is 4. The lowest BCUT2D eigenvalue weighted by Gasteiger charge is -2.09. The molecule has 0 saturated carbocycles. The number of nitrogens with zero attached hydrogens (tertiary/aromatic N) is 2. The highest BCUT2D eigenvalue weighted by atomic mass is 16.5. The van der Waals surface area contributed by atoms with E-state index < -0.39 is 0 Å². The molecule has 0 unspecified atom stereocenters. The average molecular weight is 505 g/mol. The summed E-state index contributed by atoms with van der Waals surface area (Å²) < 4.78 is 12.4. The van der Waals surface area contributed by atoms with Crippen LogP contribution in [-0.2, 0) is 6.61 Å². The topological polar surface area (TPSA) is 58.5 Å². The van der Waals surface area contributed by atoms with Gasteiger partial charge < -0.3 is 9.15 Å². The third-order valence-corrected chi connectivity index (χ3v) is 6.56. The second kappa shape index (κ2) is 10.9. The predicted molar refractivity (Wildman–Crippen MR) is 156 cm³/mol. The smallest absolute Gasteiger partial charge is 0.238 e. The van der Waals surface area contributed by atoms with Gasteiger partial charge in [0.05, 0.1) is 0 Å². The highest BCUT2D eigenvalue weighted by molar-refractivity contribution is 5.90. The van der Waals surface area contributed by atoms with Crippen molar-refractivity contribution in [1.82, 2.24) is 0 Å². The minimum Gasteiger partial charge on any atom is -0.489 e. The van der Waals surface area contributed by atoms with Crippen molar-refractivity contribution in [2.75, 3.05) is 0 Å². The summed E-state index contributed by atoms with van der Waals surface area (Å²) in [5, 5.41) is 12.5. The first kappa shape index (κ1) is 24.0. The van der Waals surface area contributed by atoms with Gasteiger partial charge in [-0.3, -0.25) is 0 Å². The molecule has 1 heterocycles. The fourth-order valence-corrected chi connectivity index (χ4v) is 4.68. The maximum absolute atomic E-state index is 10.1. The van der Waals surface area contributed by atoms with Gasteiger partial charge in [0, 0.05) is 17.3 Å². The highest BCUT2D eigenvalue weighted by Gasteiger charge is 2.22. The Bertz CT molecular complexity index is 1810. The molecule has 0 N–H and O–H groups in total. The van der Waals surface area contributed by atoms with Crippen LogP contribution in [0.2, 0.25) is 0 Å². The maximum atomic E-state index is 10.1.